The largest absolute Gasteiger partial charge is 0.447 e. The highest BCUT2D eigenvalue weighted by molar-refractivity contribution is 7.89. The molecular weight excluding hydrogens is 418 g/mol. The van der Waals surface area contributed by atoms with E-state index in [2.05, 4.69) is 10.5 Å². The van der Waals surface area contributed by atoms with Gasteiger partial charge in [-0.15, -0.1) is 0 Å². The molecule has 8 nitrogen and oxygen atoms in total. The van der Waals surface area contributed by atoms with Crippen molar-refractivity contribution in [3.05, 3.63) is 46.2 Å². The molecule has 1 heterocycles. The van der Waals surface area contributed by atoms with Crippen molar-refractivity contribution in [2.24, 2.45) is 5.16 Å². The predicted octanol–water partition coefficient (Wildman–Crippen LogP) is 4.86. The molecule has 0 radical (unpaired) electrons. The molecule has 0 spiro atoms. The maximum Gasteiger partial charge on any atom is 0.333 e. The molecular formula is C22H29N3O5S. The van der Waals surface area contributed by atoms with Gasteiger partial charge in [-0.2, -0.15) is 8.42 Å². The number of furan rings is 1. The highest BCUT2D eigenvalue weighted by Crippen LogP contribution is 2.34. The van der Waals surface area contributed by atoms with Crippen molar-refractivity contribution in [3.8, 4) is 0 Å². The number of fused-ring (bicyclic) bond motifs is 1. The van der Waals surface area contributed by atoms with Gasteiger partial charge in [0, 0.05) is 23.7 Å². The fourth-order valence-corrected chi connectivity index (χ4v) is 4.71. The van der Waals surface area contributed by atoms with Crippen molar-refractivity contribution >= 4 is 27.5 Å². The number of carbonyl (C=O) groups is 1. The molecule has 0 fully saturated rings. The Kier molecular flexibility index (Phi) is 6.45. The lowest BCUT2D eigenvalue weighted by molar-refractivity contribution is 0.256. The zero-order chi connectivity index (χ0) is 22.9. The van der Waals surface area contributed by atoms with Crippen LogP contribution in [0.2, 0.25) is 0 Å². The molecule has 3 N–H and O–H groups in total. The van der Waals surface area contributed by atoms with E-state index in [1.54, 1.807) is 0 Å². The first-order valence-corrected chi connectivity index (χ1v) is 11.8. The molecule has 0 aliphatic heterocycles. The maximum atomic E-state index is 12.8. The normalized spacial score (nSPS) is 15.4. The van der Waals surface area contributed by atoms with Crippen molar-refractivity contribution in [2.45, 2.75) is 70.8 Å². The summed E-state index contributed by atoms with van der Waals surface area (Å²) in [5.41, 5.74) is 4.41. The summed E-state index contributed by atoms with van der Waals surface area (Å²) in [5.74, 6) is 0.706. The fraction of sp³-hybridized carbons (Fsp3) is 0.455. The third-order valence-corrected chi connectivity index (χ3v) is 6.54. The summed E-state index contributed by atoms with van der Waals surface area (Å²) < 4.78 is 33.0. The number of hydrogen-bond acceptors (Lipinski definition) is 6. The summed E-state index contributed by atoms with van der Waals surface area (Å²) >= 11 is 0. The molecule has 0 saturated heterocycles. The van der Waals surface area contributed by atoms with E-state index < -0.39 is 16.1 Å². The summed E-state index contributed by atoms with van der Waals surface area (Å²) in [4.78, 5) is 12.7. The van der Waals surface area contributed by atoms with Crippen molar-refractivity contribution in [1.82, 2.24) is 4.72 Å². The van der Waals surface area contributed by atoms with Crippen molar-refractivity contribution < 1.29 is 22.8 Å². The Morgan fingerprint density at radius 1 is 1.10 bits per heavy atom. The molecule has 0 atom stereocenters. The van der Waals surface area contributed by atoms with Crippen LogP contribution in [0.25, 0.3) is 0 Å². The molecule has 3 rings (SSSR count). The second-order valence-corrected chi connectivity index (χ2v) is 10.1. The van der Waals surface area contributed by atoms with Gasteiger partial charge in [-0.3, -0.25) is 0 Å². The maximum absolute atomic E-state index is 12.8. The van der Waals surface area contributed by atoms with Crippen LogP contribution in [-0.2, 0) is 16.4 Å². The number of anilines is 1. The Balaban J connectivity index is 1.89. The highest BCUT2D eigenvalue weighted by Gasteiger charge is 2.29. The zero-order valence-electron chi connectivity index (χ0n) is 18.4. The highest BCUT2D eigenvalue weighted by atomic mass is 32.2. The Morgan fingerprint density at radius 2 is 1.71 bits per heavy atom. The minimum Gasteiger partial charge on any atom is -0.447 e. The van der Waals surface area contributed by atoms with E-state index in [4.69, 9.17) is 9.62 Å². The smallest absolute Gasteiger partial charge is 0.333 e. The van der Waals surface area contributed by atoms with E-state index in [-0.39, 0.29) is 16.9 Å². The number of nitrogens with one attached hydrogen (secondary N) is 2. The van der Waals surface area contributed by atoms with Crippen LogP contribution in [0, 0.1) is 6.92 Å². The van der Waals surface area contributed by atoms with Gasteiger partial charge in [-0.25, -0.2) is 9.52 Å². The summed E-state index contributed by atoms with van der Waals surface area (Å²) in [5, 5.41) is 14.7. The number of oxime groups is 1. The third-order valence-electron chi connectivity index (χ3n) is 5.35. The average molecular weight is 448 g/mol. The zero-order valence-corrected chi connectivity index (χ0v) is 19.3. The topological polar surface area (TPSA) is 121 Å². The van der Waals surface area contributed by atoms with Gasteiger partial charge in [0.25, 0.3) is 10.0 Å². The Hall–Kier alpha value is -2.81. The monoisotopic (exact) mass is 447 g/mol. The van der Waals surface area contributed by atoms with Crippen LogP contribution < -0.4 is 10.0 Å². The third kappa shape index (κ3) is 4.76. The number of benzene rings is 1. The minimum atomic E-state index is -4.25. The molecule has 0 unspecified atom stereocenters. The van der Waals surface area contributed by atoms with Gasteiger partial charge in [0.1, 0.15) is 5.76 Å². The molecule has 1 aromatic carbocycles. The lowest BCUT2D eigenvalue weighted by atomic mass is 9.90. The van der Waals surface area contributed by atoms with Gasteiger partial charge in [0.2, 0.25) is 5.09 Å². The Morgan fingerprint density at radius 3 is 2.26 bits per heavy atom. The summed E-state index contributed by atoms with van der Waals surface area (Å²) in [6.07, 6.45) is 1.76. The van der Waals surface area contributed by atoms with Crippen LogP contribution in [0.15, 0.2) is 32.9 Å². The van der Waals surface area contributed by atoms with E-state index in [1.165, 1.54) is 6.07 Å². The number of sulfonamides is 1. The molecule has 2 amide bonds. The number of rotatable bonds is 5. The number of urea groups is 1. The summed E-state index contributed by atoms with van der Waals surface area (Å²) in [6, 6.07) is 4.43. The van der Waals surface area contributed by atoms with Crippen molar-refractivity contribution in [3.63, 3.8) is 0 Å². The lowest BCUT2D eigenvalue weighted by Gasteiger charge is -2.21. The number of amides is 2. The quantitative estimate of drug-likeness (QED) is 0.446. The molecule has 1 aromatic heterocycles. The minimum absolute atomic E-state index is 0.136. The molecule has 2 aromatic rings. The molecule has 1 aliphatic rings. The van der Waals surface area contributed by atoms with Gasteiger partial charge >= 0.3 is 6.03 Å². The van der Waals surface area contributed by atoms with Gasteiger partial charge in [-0.1, -0.05) is 50.5 Å². The van der Waals surface area contributed by atoms with E-state index in [1.807, 2.05) is 51.5 Å². The van der Waals surface area contributed by atoms with Crippen LogP contribution in [0.3, 0.4) is 0 Å². The van der Waals surface area contributed by atoms with Gasteiger partial charge in [0.05, 0.1) is 5.71 Å². The van der Waals surface area contributed by atoms with E-state index in [0.717, 1.165) is 16.7 Å². The number of carbonyl (C=O) groups excluding carboxylic acids is 1. The molecule has 0 saturated carbocycles. The first-order chi connectivity index (χ1) is 14.5. The Bertz CT molecular complexity index is 1100. The van der Waals surface area contributed by atoms with E-state index in [9.17, 15) is 13.2 Å². The fourth-order valence-electron chi connectivity index (χ4n) is 3.83. The van der Waals surface area contributed by atoms with Crippen molar-refractivity contribution in [1.29, 1.82) is 0 Å². The van der Waals surface area contributed by atoms with E-state index >= 15 is 0 Å². The lowest BCUT2D eigenvalue weighted by Crippen LogP contribution is -2.35. The molecule has 1 aliphatic carbocycles. The predicted molar refractivity (Wildman–Crippen MR) is 119 cm³/mol. The first-order valence-electron chi connectivity index (χ1n) is 10.4. The van der Waals surface area contributed by atoms with Crippen LogP contribution in [0.5, 0.6) is 0 Å². The molecule has 9 heteroatoms. The number of aryl methyl sites for hydroxylation is 2. The second-order valence-electron chi connectivity index (χ2n) is 8.49. The second kappa shape index (κ2) is 8.74. The Labute approximate surface area is 182 Å². The average Bonchev–Trinajstić information content (AvgIpc) is 3.13. The van der Waals surface area contributed by atoms with Crippen LogP contribution in [-0.4, -0.2) is 25.4 Å². The summed E-state index contributed by atoms with van der Waals surface area (Å²) in [7, 11) is -4.25. The van der Waals surface area contributed by atoms with Crippen LogP contribution in [0.1, 0.15) is 80.4 Å². The van der Waals surface area contributed by atoms with Crippen LogP contribution in [0.4, 0.5) is 10.5 Å². The van der Waals surface area contributed by atoms with Crippen molar-refractivity contribution in [2.75, 3.05) is 5.32 Å². The first kappa shape index (κ1) is 22.9. The van der Waals surface area contributed by atoms with Gasteiger partial charge in [-0.05, 0) is 42.7 Å². The van der Waals surface area contributed by atoms with Gasteiger partial charge in [0.15, 0.2) is 0 Å². The SMILES string of the molecule is Cc1cc(C(C)C)c(NC(=O)NS(=O)(=O)c2cc3c(o2)CCC/C3=N/O)c(C(C)C)c1. The van der Waals surface area contributed by atoms with Gasteiger partial charge < -0.3 is 14.9 Å². The number of hydrogen-bond donors (Lipinski definition) is 3. The standard InChI is InChI=1S/C22H29N3O5S/c1-12(2)15-9-14(5)10-16(13(3)4)21(15)23-22(26)25-31(28,29)20-11-17-18(24-27)7-6-8-19(17)30-20/h9-13,27H,6-8H2,1-5H3,(H2,23,25,26)/b24-18-. The molecule has 168 valence electrons. The summed E-state index contributed by atoms with van der Waals surface area (Å²) in [6.45, 7) is 10.1. The van der Waals surface area contributed by atoms with Crippen LogP contribution >= 0.6 is 0 Å². The molecule has 0 bridgehead atoms. The molecule has 31 heavy (non-hydrogen) atoms. The van der Waals surface area contributed by atoms with E-state index in [0.29, 0.717) is 42.0 Å². The number of nitrogens with zero attached hydrogens (tertiary/aromatic N) is 1.